The van der Waals surface area contributed by atoms with E-state index in [1.54, 1.807) is 20.8 Å². The minimum absolute atomic E-state index is 0.167. The van der Waals surface area contributed by atoms with E-state index in [1.165, 1.54) is 0 Å². The van der Waals surface area contributed by atoms with Gasteiger partial charge in [-0.1, -0.05) is 60.7 Å². The molecule has 6 heteroatoms. The molecule has 0 saturated heterocycles. The zero-order valence-corrected chi connectivity index (χ0v) is 16.9. The van der Waals surface area contributed by atoms with E-state index in [0.29, 0.717) is 6.42 Å². The maximum Gasteiger partial charge on any atom is 0.409 e. The zero-order chi connectivity index (χ0) is 20.6. The molecular formula is C22H29N3O3. The summed E-state index contributed by atoms with van der Waals surface area (Å²) in [6.07, 6.45) is -0.752. The van der Waals surface area contributed by atoms with Crippen LogP contribution in [-0.2, 0) is 11.2 Å². The van der Waals surface area contributed by atoms with E-state index in [9.17, 15) is 9.59 Å². The standard InChI is InChI=1S/C22H29N3O3/c1-16(18-13-9-6-10-14-18)23-20(26)24-19(15-17-11-7-5-8-12-17)25-21(27)28-22(2,3)4/h5-14,16,19H,15H2,1-4H3,(H,25,27)(H2,23,24,26)/t16?,19-/m0/s1. The van der Waals surface area contributed by atoms with Crippen molar-refractivity contribution < 1.29 is 14.3 Å². The summed E-state index contributed by atoms with van der Waals surface area (Å²) in [7, 11) is 0. The third-order valence-electron chi connectivity index (χ3n) is 3.93. The van der Waals surface area contributed by atoms with Gasteiger partial charge in [0.2, 0.25) is 0 Å². The Kier molecular flexibility index (Phi) is 7.44. The van der Waals surface area contributed by atoms with Gasteiger partial charge in [0, 0.05) is 6.42 Å². The summed E-state index contributed by atoms with van der Waals surface area (Å²) in [5.41, 5.74) is 1.36. The molecule has 28 heavy (non-hydrogen) atoms. The van der Waals surface area contributed by atoms with Crippen LogP contribution in [0.15, 0.2) is 60.7 Å². The van der Waals surface area contributed by atoms with Crippen molar-refractivity contribution in [3.8, 4) is 0 Å². The van der Waals surface area contributed by atoms with Crippen molar-refractivity contribution in [2.75, 3.05) is 0 Å². The molecule has 2 atom stereocenters. The second-order valence-electron chi connectivity index (χ2n) is 7.64. The minimum Gasteiger partial charge on any atom is -0.444 e. The van der Waals surface area contributed by atoms with Crippen LogP contribution in [0.3, 0.4) is 0 Å². The number of ether oxygens (including phenoxy) is 1. The predicted octanol–water partition coefficient (Wildman–Crippen LogP) is 4.14. The zero-order valence-electron chi connectivity index (χ0n) is 16.9. The first-order valence-electron chi connectivity index (χ1n) is 9.38. The van der Waals surface area contributed by atoms with Crippen LogP contribution in [0.2, 0.25) is 0 Å². The normalized spacial score (nSPS) is 13.1. The van der Waals surface area contributed by atoms with Crippen molar-refractivity contribution in [2.24, 2.45) is 0 Å². The van der Waals surface area contributed by atoms with Gasteiger partial charge < -0.3 is 20.7 Å². The summed E-state index contributed by atoms with van der Waals surface area (Å²) in [5.74, 6) is 0. The molecule has 0 bridgehead atoms. The summed E-state index contributed by atoms with van der Waals surface area (Å²) in [6.45, 7) is 7.28. The first-order chi connectivity index (χ1) is 13.2. The molecule has 3 N–H and O–H groups in total. The quantitative estimate of drug-likeness (QED) is 0.656. The van der Waals surface area contributed by atoms with Gasteiger partial charge in [-0.2, -0.15) is 0 Å². The molecule has 150 valence electrons. The largest absolute Gasteiger partial charge is 0.444 e. The van der Waals surface area contributed by atoms with Crippen molar-refractivity contribution in [1.82, 2.24) is 16.0 Å². The van der Waals surface area contributed by atoms with Crippen LogP contribution in [0.1, 0.15) is 44.9 Å². The van der Waals surface area contributed by atoms with Gasteiger partial charge in [-0.15, -0.1) is 0 Å². The van der Waals surface area contributed by atoms with Gasteiger partial charge in [0.25, 0.3) is 0 Å². The van der Waals surface area contributed by atoms with Crippen molar-refractivity contribution in [3.63, 3.8) is 0 Å². The molecule has 6 nitrogen and oxygen atoms in total. The van der Waals surface area contributed by atoms with Crippen LogP contribution >= 0.6 is 0 Å². The fourth-order valence-electron chi connectivity index (χ4n) is 2.66. The molecule has 0 fully saturated rings. The Labute approximate surface area is 166 Å². The molecule has 0 aromatic heterocycles. The van der Waals surface area contributed by atoms with Gasteiger partial charge in [-0.3, -0.25) is 0 Å². The molecule has 0 radical (unpaired) electrons. The fraction of sp³-hybridized carbons (Fsp3) is 0.364. The summed E-state index contributed by atoms with van der Waals surface area (Å²) >= 11 is 0. The number of carbonyl (C=O) groups excluding carboxylic acids is 2. The molecule has 1 unspecified atom stereocenters. The highest BCUT2D eigenvalue weighted by Crippen LogP contribution is 2.11. The van der Waals surface area contributed by atoms with Gasteiger partial charge in [-0.25, -0.2) is 9.59 Å². The van der Waals surface area contributed by atoms with Crippen LogP contribution in [0.4, 0.5) is 9.59 Å². The lowest BCUT2D eigenvalue weighted by atomic mass is 10.1. The third kappa shape index (κ3) is 7.70. The van der Waals surface area contributed by atoms with E-state index in [-0.39, 0.29) is 12.1 Å². The topological polar surface area (TPSA) is 79.5 Å². The first-order valence-corrected chi connectivity index (χ1v) is 9.38. The van der Waals surface area contributed by atoms with Crippen LogP contribution < -0.4 is 16.0 Å². The summed E-state index contributed by atoms with van der Waals surface area (Å²) < 4.78 is 5.32. The third-order valence-corrected chi connectivity index (χ3v) is 3.93. The number of hydrogen-bond acceptors (Lipinski definition) is 3. The van der Waals surface area contributed by atoms with Crippen LogP contribution in [0.5, 0.6) is 0 Å². The van der Waals surface area contributed by atoms with Gasteiger partial charge in [-0.05, 0) is 38.8 Å². The molecule has 0 spiro atoms. The van der Waals surface area contributed by atoms with E-state index in [0.717, 1.165) is 11.1 Å². The Balaban J connectivity index is 2.01. The number of benzene rings is 2. The molecule has 2 rings (SSSR count). The van der Waals surface area contributed by atoms with Gasteiger partial charge in [0.15, 0.2) is 0 Å². The number of nitrogens with one attached hydrogen (secondary N) is 3. The van der Waals surface area contributed by atoms with Crippen molar-refractivity contribution in [2.45, 2.75) is 51.9 Å². The van der Waals surface area contributed by atoms with Crippen molar-refractivity contribution >= 4 is 12.1 Å². The second kappa shape index (κ2) is 9.78. The SMILES string of the molecule is CC(NC(=O)N[C@H](Cc1ccccc1)NC(=O)OC(C)(C)C)c1ccccc1. The maximum absolute atomic E-state index is 12.5. The van der Waals surface area contributed by atoms with Crippen LogP contribution in [0, 0.1) is 0 Å². The lowest BCUT2D eigenvalue weighted by Gasteiger charge is -2.25. The molecule has 0 saturated carbocycles. The number of alkyl carbamates (subject to hydrolysis) is 1. The van der Waals surface area contributed by atoms with Crippen LogP contribution in [-0.4, -0.2) is 23.9 Å². The molecular weight excluding hydrogens is 354 g/mol. The van der Waals surface area contributed by atoms with Crippen LogP contribution in [0.25, 0.3) is 0 Å². The van der Waals surface area contributed by atoms with Gasteiger partial charge >= 0.3 is 12.1 Å². The summed E-state index contributed by atoms with van der Waals surface area (Å²) in [6, 6.07) is 18.8. The number of rotatable bonds is 6. The molecule has 0 heterocycles. The number of carbonyl (C=O) groups is 2. The molecule has 0 aliphatic carbocycles. The van der Waals surface area contributed by atoms with Gasteiger partial charge in [0.1, 0.15) is 11.8 Å². The molecule has 2 aromatic rings. The Morgan fingerprint density at radius 2 is 1.46 bits per heavy atom. The Morgan fingerprint density at radius 1 is 0.893 bits per heavy atom. The van der Waals surface area contributed by atoms with Crippen molar-refractivity contribution in [3.05, 3.63) is 71.8 Å². The number of amides is 3. The summed E-state index contributed by atoms with van der Waals surface area (Å²) in [5, 5.41) is 8.45. The van der Waals surface area contributed by atoms with Crippen molar-refractivity contribution in [1.29, 1.82) is 0 Å². The minimum atomic E-state index is -0.620. The first kappa shape index (κ1) is 21.3. The lowest BCUT2D eigenvalue weighted by molar-refractivity contribution is 0.0498. The van der Waals surface area contributed by atoms with E-state index in [4.69, 9.17) is 4.74 Å². The Hall–Kier alpha value is -3.02. The highest BCUT2D eigenvalue weighted by molar-refractivity contribution is 5.76. The average Bonchev–Trinajstić information content (AvgIpc) is 2.61. The van der Waals surface area contributed by atoms with Gasteiger partial charge in [0.05, 0.1) is 6.04 Å². The lowest BCUT2D eigenvalue weighted by Crippen LogP contribution is -2.53. The highest BCUT2D eigenvalue weighted by Gasteiger charge is 2.21. The predicted molar refractivity (Wildman–Crippen MR) is 110 cm³/mol. The summed E-state index contributed by atoms with van der Waals surface area (Å²) in [4.78, 5) is 24.7. The average molecular weight is 383 g/mol. The Morgan fingerprint density at radius 3 is 2.04 bits per heavy atom. The molecule has 2 aromatic carbocycles. The molecule has 0 aliphatic rings. The monoisotopic (exact) mass is 383 g/mol. The van der Waals surface area contributed by atoms with E-state index >= 15 is 0 Å². The smallest absolute Gasteiger partial charge is 0.409 e. The van der Waals surface area contributed by atoms with E-state index in [1.807, 2.05) is 67.6 Å². The molecule has 0 aliphatic heterocycles. The number of urea groups is 1. The number of hydrogen-bond donors (Lipinski definition) is 3. The fourth-order valence-corrected chi connectivity index (χ4v) is 2.66. The van der Waals surface area contributed by atoms with E-state index < -0.39 is 17.9 Å². The highest BCUT2D eigenvalue weighted by atomic mass is 16.6. The molecule has 3 amide bonds. The second-order valence-corrected chi connectivity index (χ2v) is 7.64. The van der Waals surface area contributed by atoms with E-state index in [2.05, 4.69) is 16.0 Å². The maximum atomic E-state index is 12.5. The Bertz CT molecular complexity index is 758.